The number of furan rings is 1. The number of aromatic nitrogens is 2. The van der Waals surface area contributed by atoms with Crippen molar-refractivity contribution in [1.82, 2.24) is 15.1 Å². The summed E-state index contributed by atoms with van der Waals surface area (Å²) in [6.45, 7) is 6.86. The molecule has 0 aliphatic heterocycles. The second-order valence-electron chi connectivity index (χ2n) is 4.77. The molecule has 0 spiro atoms. The molecular weight excluding hydrogens is 262 g/mol. The Kier molecular flexibility index (Phi) is 4.32. The topological polar surface area (TPSA) is 43.0 Å². The molecule has 0 radical (unpaired) electrons. The SMILES string of the molecule is CCNC(Cc1c(Cl)c(C)nn1C)c1coc(C)c1. The van der Waals surface area contributed by atoms with Gasteiger partial charge in [-0.05, 0) is 26.5 Å². The van der Waals surface area contributed by atoms with Gasteiger partial charge in [0.1, 0.15) is 5.76 Å². The maximum atomic E-state index is 6.32. The molecule has 0 bridgehead atoms. The third-order valence-electron chi connectivity index (χ3n) is 3.26. The van der Waals surface area contributed by atoms with Gasteiger partial charge in [0.25, 0.3) is 0 Å². The largest absolute Gasteiger partial charge is 0.469 e. The smallest absolute Gasteiger partial charge is 0.101 e. The summed E-state index contributed by atoms with van der Waals surface area (Å²) >= 11 is 6.32. The molecule has 4 nitrogen and oxygen atoms in total. The highest BCUT2D eigenvalue weighted by molar-refractivity contribution is 6.31. The van der Waals surface area contributed by atoms with Gasteiger partial charge in [0.2, 0.25) is 0 Å². The summed E-state index contributed by atoms with van der Waals surface area (Å²) < 4.78 is 7.26. The fourth-order valence-corrected chi connectivity index (χ4v) is 2.53. The highest BCUT2D eigenvalue weighted by atomic mass is 35.5. The van der Waals surface area contributed by atoms with Gasteiger partial charge >= 0.3 is 0 Å². The molecular formula is C14H20ClN3O. The second-order valence-corrected chi connectivity index (χ2v) is 5.15. The molecule has 2 aromatic heterocycles. The van der Waals surface area contributed by atoms with Gasteiger partial charge in [-0.3, -0.25) is 4.68 Å². The number of rotatable bonds is 5. The lowest BCUT2D eigenvalue weighted by Gasteiger charge is -2.16. The van der Waals surface area contributed by atoms with Crippen molar-refractivity contribution in [2.45, 2.75) is 33.2 Å². The fraction of sp³-hybridized carbons (Fsp3) is 0.500. The minimum Gasteiger partial charge on any atom is -0.469 e. The molecule has 5 heteroatoms. The van der Waals surface area contributed by atoms with E-state index in [1.807, 2.05) is 25.6 Å². The van der Waals surface area contributed by atoms with Gasteiger partial charge in [-0.2, -0.15) is 5.10 Å². The Bertz CT molecular complexity index is 559. The molecule has 0 aliphatic carbocycles. The van der Waals surface area contributed by atoms with E-state index in [0.717, 1.165) is 40.7 Å². The maximum Gasteiger partial charge on any atom is 0.101 e. The van der Waals surface area contributed by atoms with Crippen LogP contribution in [-0.2, 0) is 13.5 Å². The zero-order valence-electron chi connectivity index (χ0n) is 11.8. The molecule has 2 aromatic rings. The lowest BCUT2D eigenvalue weighted by molar-refractivity contribution is 0.503. The predicted molar refractivity (Wildman–Crippen MR) is 76.5 cm³/mol. The molecule has 0 fully saturated rings. The minimum absolute atomic E-state index is 0.190. The van der Waals surface area contributed by atoms with E-state index in [9.17, 15) is 0 Å². The van der Waals surface area contributed by atoms with Gasteiger partial charge in [-0.1, -0.05) is 18.5 Å². The molecule has 1 N–H and O–H groups in total. The Morgan fingerprint density at radius 3 is 2.68 bits per heavy atom. The highest BCUT2D eigenvalue weighted by Crippen LogP contribution is 2.26. The third-order valence-corrected chi connectivity index (χ3v) is 3.75. The summed E-state index contributed by atoms with van der Waals surface area (Å²) in [4.78, 5) is 0. The standard InChI is InChI=1S/C14H20ClN3O/c1-5-16-12(11-6-9(2)19-8-11)7-13-14(15)10(3)17-18(13)4/h6,8,12,16H,5,7H2,1-4H3. The molecule has 0 aliphatic rings. The van der Waals surface area contributed by atoms with Crippen LogP contribution in [0.25, 0.3) is 0 Å². The van der Waals surface area contributed by atoms with Crippen LogP contribution in [0.15, 0.2) is 16.7 Å². The van der Waals surface area contributed by atoms with Crippen molar-refractivity contribution in [3.63, 3.8) is 0 Å². The fourth-order valence-electron chi connectivity index (χ4n) is 2.30. The monoisotopic (exact) mass is 281 g/mol. The zero-order valence-corrected chi connectivity index (χ0v) is 12.6. The third kappa shape index (κ3) is 3.01. The second kappa shape index (κ2) is 5.80. The molecule has 0 saturated heterocycles. The number of halogens is 1. The van der Waals surface area contributed by atoms with E-state index in [2.05, 4.69) is 23.4 Å². The number of nitrogens with zero attached hydrogens (tertiary/aromatic N) is 2. The van der Waals surface area contributed by atoms with Gasteiger partial charge < -0.3 is 9.73 Å². The number of aryl methyl sites for hydroxylation is 3. The van der Waals surface area contributed by atoms with Crippen LogP contribution in [0.3, 0.4) is 0 Å². The number of nitrogens with one attached hydrogen (secondary N) is 1. The van der Waals surface area contributed by atoms with Crippen LogP contribution in [0.2, 0.25) is 5.02 Å². The molecule has 0 amide bonds. The Morgan fingerprint density at radius 2 is 2.21 bits per heavy atom. The van der Waals surface area contributed by atoms with Crippen molar-refractivity contribution in [3.8, 4) is 0 Å². The molecule has 19 heavy (non-hydrogen) atoms. The first-order chi connectivity index (χ1) is 9.02. The van der Waals surface area contributed by atoms with Crippen molar-refractivity contribution in [2.75, 3.05) is 6.54 Å². The average molecular weight is 282 g/mol. The average Bonchev–Trinajstić information content (AvgIpc) is 2.88. The summed E-state index contributed by atoms with van der Waals surface area (Å²) in [6.07, 6.45) is 2.60. The molecule has 2 heterocycles. The molecule has 0 saturated carbocycles. The van der Waals surface area contributed by atoms with E-state index in [4.69, 9.17) is 16.0 Å². The Hall–Kier alpha value is -1.26. The molecule has 1 atom stereocenters. The predicted octanol–water partition coefficient (Wildman–Crippen LogP) is 3.18. The number of hydrogen-bond acceptors (Lipinski definition) is 3. The first-order valence-corrected chi connectivity index (χ1v) is 6.87. The first-order valence-electron chi connectivity index (χ1n) is 6.49. The first kappa shape index (κ1) is 14.2. The minimum atomic E-state index is 0.190. The van der Waals surface area contributed by atoms with Crippen LogP contribution < -0.4 is 5.32 Å². The highest BCUT2D eigenvalue weighted by Gasteiger charge is 2.19. The van der Waals surface area contributed by atoms with Gasteiger partial charge in [-0.25, -0.2) is 0 Å². The normalized spacial score (nSPS) is 12.9. The van der Waals surface area contributed by atoms with Gasteiger partial charge in [0.05, 0.1) is 22.7 Å². The Balaban J connectivity index is 2.26. The number of hydrogen-bond donors (Lipinski definition) is 1. The summed E-state index contributed by atoms with van der Waals surface area (Å²) in [5, 5.41) is 8.58. The van der Waals surface area contributed by atoms with Gasteiger partial charge in [0, 0.05) is 25.1 Å². The van der Waals surface area contributed by atoms with Crippen LogP contribution in [0.1, 0.15) is 35.7 Å². The molecule has 2 rings (SSSR count). The molecule has 1 unspecified atom stereocenters. The van der Waals surface area contributed by atoms with Crippen molar-refractivity contribution >= 4 is 11.6 Å². The zero-order chi connectivity index (χ0) is 14.0. The molecule has 0 aromatic carbocycles. The van der Waals surface area contributed by atoms with E-state index >= 15 is 0 Å². The van der Waals surface area contributed by atoms with Crippen LogP contribution in [0.4, 0.5) is 0 Å². The van der Waals surface area contributed by atoms with E-state index < -0.39 is 0 Å². The van der Waals surface area contributed by atoms with Crippen molar-refractivity contribution in [1.29, 1.82) is 0 Å². The summed E-state index contributed by atoms with van der Waals surface area (Å²) in [5.74, 6) is 0.921. The van der Waals surface area contributed by atoms with Crippen LogP contribution in [-0.4, -0.2) is 16.3 Å². The van der Waals surface area contributed by atoms with Crippen molar-refractivity contribution in [3.05, 3.63) is 40.1 Å². The van der Waals surface area contributed by atoms with Crippen molar-refractivity contribution < 1.29 is 4.42 Å². The van der Waals surface area contributed by atoms with Crippen LogP contribution in [0, 0.1) is 13.8 Å². The number of likely N-dealkylation sites (N-methyl/N-ethyl adjacent to an activating group) is 1. The molecule has 104 valence electrons. The van der Waals surface area contributed by atoms with Crippen molar-refractivity contribution in [2.24, 2.45) is 7.05 Å². The van der Waals surface area contributed by atoms with Crippen LogP contribution >= 0.6 is 11.6 Å². The van der Waals surface area contributed by atoms with Crippen LogP contribution in [0.5, 0.6) is 0 Å². The summed E-state index contributed by atoms with van der Waals surface area (Å²) in [6, 6.07) is 2.25. The van der Waals surface area contributed by atoms with Gasteiger partial charge in [-0.15, -0.1) is 0 Å². The van der Waals surface area contributed by atoms with E-state index in [-0.39, 0.29) is 6.04 Å². The van der Waals surface area contributed by atoms with Gasteiger partial charge in [0.15, 0.2) is 0 Å². The van der Waals surface area contributed by atoms with E-state index in [1.165, 1.54) is 0 Å². The lowest BCUT2D eigenvalue weighted by Crippen LogP contribution is -2.23. The van der Waals surface area contributed by atoms with E-state index in [1.54, 1.807) is 6.26 Å². The quantitative estimate of drug-likeness (QED) is 0.915. The summed E-state index contributed by atoms with van der Waals surface area (Å²) in [7, 11) is 1.93. The lowest BCUT2D eigenvalue weighted by atomic mass is 10.0. The Labute approximate surface area is 118 Å². The summed E-state index contributed by atoms with van der Waals surface area (Å²) in [5.41, 5.74) is 3.07. The van der Waals surface area contributed by atoms with E-state index in [0.29, 0.717) is 0 Å². The maximum absolute atomic E-state index is 6.32. The Morgan fingerprint density at radius 1 is 1.47 bits per heavy atom.